The summed E-state index contributed by atoms with van der Waals surface area (Å²) in [6.45, 7) is 12.7. The maximum atomic E-state index is 12.6. The van der Waals surface area contributed by atoms with Crippen molar-refractivity contribution in [2.75, 3.05) is 13.2 Å². The van der Waals surface area contributed by atoms with Gasteiger partial charge in [0.15, 0.2) is 5.78 Å². The molecule has 0 aromatic heterocycles. The van der Waals surface area contributed by atoms with Crippen LogP contribution in [0, 0.1) is 11.8 Å². The summed E-state index contributed by atoms with van der Waals surface area (Å²) in [5.41, 5.74) is 3.00. The Balaban J connectivity index is 1.43. The van der Waals surface area contributed by atoms with Gasteiger partial charge in [0.25, 0.3) is 0 Å². The van der Waals surface area contributed by atoms with Gasteiger partial charge < -0.3 is 14.2 Å². The Morgan fingerprint density at radius 2 is 1.36 bits per heavy atom. The first-order chi connectivity index (χ1) is 21.0. The molecule has 0 saturated heterocycles. The number of rotatable bonds is 16. The lowest BCUT2D eigenvalue weighted by atomic mass is 9.76. The van der Waals surface area contributed by atoms with Crippen LogP contribution in [-0.2, 0) is 19.1 Å². The van der Waals surface area contributed by atoms with E-state index in [1.165, 1.54) is 12.5 Å². The monoisotopic (exact) mass is 602 g/mol. The van der Waals surface area contributed by atoms with Crippen LogP contribution in [0.3, 0.4) is 0 Å². The van der Waals surface area contributed by atoms with Crippen LogP contribution < -0.4 is 4.74 Å². The summed E-state index contributed by atoms with van der Waals surface area (Å²) in [5.74, 6) is 0.530. The fourth-order valence-corrected chi connectivity index (χ4v) is 5.63. The van der Waals surface area contributed by atoms with Crippen LogP contribution in [0.5, 0.6) is 5.75 Å². The Morgan fingerprint density at radius 3 is 1.91 bits per heavy atom. The number of hydrogen-bond acceptors (Lipinski definition) is 7. The van der Waals surface area contributed by atoms with Crippen LogP contribution >= 0.6 is 0 Å². The summed E-state index contributed by atoms with van der Waals surface area (Å²) < 4.78 is 16.1. The van der Waals surface area contributed by atoms with Gasteiger partial charge in [-0.1, -0.05) is 56.7 Å². The predicted octanol–water partition coefficient (Wildman–Crippen LogP) is 8.19. The number of benzene rings is 2. The average Bonchev–Trinajstić information content (AvgIpc) is 3.01. The van der Waals surface area contributed by atoms with Gasteiger partial charge in [-0.15, -0.1) is 0 Å². The van der Waals surface area contributed by atoms with E-state index < -0.39 is 5.97 Å². The fraction of sp³-hybridized carbons (Fsp3) is 0.459. The standard InChI is InChI=1S/C37H46O7/c1-25(2)35(39)42-22-20-29(21-23-43-36(40)26(3)4)9-6-8-28-12-14-30(15-13-28)31-16-18-32(19-17-31)37(41)44-34-11-7-10-33(24-34)27(5)38/h7,10-11,16-19,24,28-30H,1,3,6,8-9,12-15,20-23H2,2,4-5H3. The third-order valence-corrected chi connectivity index (χ3v) is 8.36. The number of esters is 3. The summed E-state index contributed by atoms with van der Waals surface area (Å²) in [7, 11) is 0. The molecule has 0 heterocycles. The first kappa shape index (κ1) is 34.5. The maximum Gasteiger partial charge on any atom is 0.343 e. The van der Waals surface area contributed by atoms with Crippen molar-refractivity contribution in [1.82, 2.24) is 0 Å². The normalized spacial score (nSPS) is 16.2. The minimum atomic E-state index is -0.442. The van der Waals surface area contributed by atoms with Crippen LogP contribution in [0.2, 0.25) is 0 Å². The Kier molecular flexibility index (Phi) is 13.6. The average molecular weight is 603 g/mol. The molecular formula is C37H46O7. The zero-order valence-corrected chi connectivity index (χ0v) is 26.4. The Morgan fingerprint density at radius 1 is 0.773 bits per heavy atom. The Labute approximate surface area is 261 Å². The number of carbonyl (C=O) groups is 4. The van der Waals surface area contributed by atoms with Crippen molar-refractivity contribution in [3.05, 3.63) is 89.5 Å². The SMILES string of the molecule is C=C(C)C(=O)OCCC(CCCC1CCC(c2ccc(C(=O)Oc3cccc(C(C)=O)c3)cc2)CC1)CCOC(=O)C(=C)C. The number of ketones is 1. The summed E-state index contributed by atoms with van der Waals surface area (Å²) in [6.07, 6.45) is 9.23. The van der Waals surface area contributed by atoms with E-state index in [4.69, 9.17) is 14.2 Å². The van der Waals surface area contributed by atoms with Gasteiger partial charge in [0, 0.05) is 16.7 Å². The van der Waals surface area contributed by atoms with Gasteiger partial charge in [0.2, 0.25) is 0 Å². The maximum absolute atomic E-state index is 12.6. The van der Waals surface area contributed by atoms with Gasteiger partial charge in [-0.25, -0.2) is 14.4 Å². The summed E-state index contributed by atoms with van der Waals surface area (Å²) in [6, 6.07) is 14.3. The van der Waals surface area contributed by atoms with Crippen molar-refractivity contribution in [1.29, 1.82) is 0 Å². The molecule has 0 N–H and O–H groups in total. The smallest absolute Gasteiger partial charge is 0.343 e. The molecule has 0 bridgehead atoms. The molecule has 1 aliphatic carbocycles. The fourth-order valence-electron chi connectivity index (χ4n) is 5.63. The molecule has 0 amide bonds. The zero-order chi connectivity index (χ0) is 32.1. The lowest BCUT2D eigenvalue weighted by Gasteiger charge is -2.29. The summed E-state index contributed by atoms with van der Waals surface area (Å²) >= 11 is 0. The lowest BCUT2D eigenvalue weighted by molar-refractivity contribution is -0.139. The van der Waals surface area contributed by atoms with Gasteiger partial charge in [0.05, 0.1) is 18.8 Å². The summed E-state index contributed by atoms with van der Waals surface area (Å²) in [4.78, 5) is 47.8. The molecular weight excluding hydrogens is 556 g/mol. The molecule has 7 heteroatoms. The number of hydrogen-bond donors (Lipinski definition) is 0. The largest absolute Gasteiger partial charge is 0.462 e. The number of Topliss-reactive ketones (excluding diaryl/α,β-unsaturated/α-hetero) is 1. The molecule has 0 unspecified atom stereocenters. The minimum absolute atomic E-state index is 0.0798. The Hall–Kier alpha value is -4.00. The highest BCUT2D eigenvalue weighted by atomic mass is 16.5. The molecule has 7 nitrogen and oxygen atoms in total. The second-order valence-corrected chi connectivity index (χ2v) is 12.0. The van der Waals surface area contributed by atoms with Crippen LogP contribution in [0.1, 0.15) is 111 Å². The molecule has 0 spiro atoms. The van der Waals surface area contributed by atoms with Crippen molar-refractivity contribution in [3.63, 3.8) is 0 Å². The summed E-state index contributed by atoms with van der Waals surface area (Å²) in [5, 5.41) is 0. The molecule has 0 atom stereocenters. The van der Waals surface area contributed by atoms with Crippen LogP contribution in [0.25, 0.3) is 0 Å². The number of ether oxygens (including phenoxy) is 3. The van der Waals surface area contributed by atoms with E-state index in [2.05, 4.69) is 13.2 Å². The molecule has 236 valence electrons. The number of carbonyl (C=O) groups excluding carboxylic acids is 4. The molecule has 2 aromatic carbocycles. The highest BCUT2D eigenvalue weighted by Crippen LogP contribution is 2.38. The quantitative estimate of drug-likeness (QED) is 0.0827. The van der Waals surface area contributed by atoms with Gasteiger partial charge >= 0.3 is 17.9 Å². The first-order valence-electron chi connectivity index (χ1n) is 15.6. The van der Waals surface area contributed by atoms with E-state index in [-0.39, 0.29) is 17.7 Å². The van der Waals surface area contributed by atoms with Crippen LogP contribution in [0.4, 0.5) is 0 Å². The highest BCUT2D eigenvalue weighted by Gasteiger charge is 2.23. The van der Waals surface area contributed by atoms with E-state index >= 15 is 0 Å². The second kappa shape index (κ2) is 17.3. The minimum Gasteiger partial charge on any atom is -0.462 e. The topological polar surface area (TPSA) is 96.0 Å². The van der Waals surface area contributed by atoms with Crippen molar-refractivity contribution < 1.29 is 33.4 Å². The second-order valence-electron chi connectivity index (χ2n) is 12.0. The van der Waals surface area contributed by atoms with Gasteiger partial charge in [-0.05, 0) is 107 Å². The molecule has 3 rings (SSSR count). The highest BCUT2D eigenvalue weighted by molar-refractivity contribution is 5.95. The van der Waals surface area contributed by atoms with Gasteiger partial charge in [-0.2, -0.15) is 0 Å². The van der Waals surface area contributed by atoms with Gasteiger partial charge in [-0.3, -0.25) is 4.79 Å². The predicted molar refractivity (Wildman–Crippen MR) is 171 cm³/mol. The third-order valence-electron chi connectivity index (χ3n) is 8.36. The zero-order valence-electron chi connectivity index (χ0n) is 26.4. The molecule has 0 radical (unpaired) electrons. The van der Waals surface area contributed by atoms with E-state index in [0.29, 0.717) is 59.0 Å². The first-order valence-corrected chi connectivity index (χ1v) is 15.6. The van der Waals surface area contributed by atoms with Crippen LogP contribution in [-0.4, -0.2) is 36.9 Å². The molecule has 2 aromatic rings. The van der Waals surface area contributed by atoms with E-state index in [0.717, 1.165) is 57.8 Å². The molecule has 0 aliphatic heterocycles. The Bertz CT molecular complexity index is 1280. The molecule has 44 heavy (non-hydrogen) atoms. The molecule has 1 aliphatic rings. The van der Waals surface area contributed by atoms with Crippen molar-refractivity contribution in [2.45, 2.75) is 84.5 Å². The van der Waals surface area contributed by atoms with Crippen LogP contribution in [0.15, 0.2) is 72.8 Å². The van der Waals surface area contributed by atoms with E-state index in [9.17, 15) is 19.2 Å². The lowest BCUT2D eigenvalue weighted by Crippen LogP contribution is -2.16. The third kappa shape index (κ3) is 11.3. The molecule has 1 saturated carbocycles. The van der Waals surface area contributed by atoms with Crippen molar-refractivity contribution in [2.24, 2.45) is 11.8 Å². The van der Waals surface area contributed by atoms with E-state index in [1.54, 1.807) is 38.1 Å². The van der Waals surface area contributed by atoms with Crippen molar-refractivity contribution >= 4 is 23.7 Å². The van der Waals surface area contributed by atoms with Gasteiger partial charge in [0.1, 0.15) is 5.75 Å². The van der Waals surface area contributed by atoms with Crippen molar-refractivity contribution in [3.8, 4) is 5.75 Å². The molecule has 1 fully saturated rings. The van der Waals surface area contributed by atoms with E-state index in [1.807, 2.05) is 24.3 Å².